The maximum atomic E-state index is 13.9. The number of ether oxygens (including phenoxy) is 1. The number of carbonyl (C=O) groups is 1. The molecule has 3 aliphatic rings. The first-order valence-corrected chi connectivity index (χ1v) is 13.3. The molecule has 3 unspecified atom stereocenters. The summed E-state index contributed by atoms with van der Waals surface area (Å²) in [5.74, 6) is -3.16. The van der Waals surface area contributed by atoms with Crippen LogP contribution in [-0.4, -0.2) is 47.9 Å². The molecule has 2 aromatic rings. The zero-order valence-electron chi connectivity index (χ0n) is 19.7. The predicted molar refractivity (Wildman–Crippen MR) is 130 cm³/mol. The first-order valence-electron chi connectivity index (χ1n) is 12.1. The zero-order chi connectivity index (χ0) is 23.9. The number of thioether (sulfide) groups is 1. The number of rotatable bonds is 7. The first-order chi connectivity index (χ1) is 16.3. The van der Waals surface area contributed by atoms with E-state index in [1.807, 2.05) is 24.5 Å². The van der Waals surface area contributed by atoms with E-state index in [4.69, 9.17) is 4.74 Å². The summed E-state index contributed by atoms with van der Waals surface area (Å²) in [6, 6.07) is 15.1. The molecule has 2 aromatic carbocycles. The maximum absolute atomic E-state index is 13.9. The Labute approximate surface area is 204 Å². The minimum absolute atomic E-state index is 0.0756. The number of carbonyl (C=O) groups excluding carboxylic acids is 1. The minimum atomic E-state index is -2.95. The van der Waals surface area contributed by atoms with Gasteiger partial charge in [-0.15, -0.1) is 11.8 Å². The van der Waals surface area contributed by atoms with E-state index >= 15 is 0 Å². The average Bonchev–Trinajstić information content (AvgIpc) is 3.05. The fourth-order valence-corrected chi connectivity index (χ4v) is 6.75. The Morgan fingerprint density at radius 1 is 1.15 bits per heavy atom. The molecule has 4 nitrogen and oxygen atoms in total. The maximum Gasteiger partial charge on any atom is 0.270 e. The molecule has 5 rings (SSSR count). The highest BCUT2D eigenvalue weighted by molar-refractivity contribution is 7.98. The lowest BCUT2D eigenvalue weighted by molar-refractivity contribution is -0.115. The summed E-state index contributed by atoms with van der Waals surface area (Å²) < 4.78 is 33.7. The topological polar surface area (TPSA) is 41.6 Å². The molecule has 1 N–H and O–H groups in total. The van der Waals surface area contributed by atoms with E-state index in [0.717, 1.165) is 57.8 Å². The molecular formula is C27H32F2N2O2S. The molecule has 1 aliphatic carbocycles. The van der Waals surface area contributed by atoms with Gasteiger partial charge in [0.25, 0.3) is 11.8 Å². The highest BCUT2D eigenvalue weighted by Crippen LogP contribution is 2.52. The summed E-state index contributed by atoms with van der Waals surface area (Å²) in [7, 11) is 0. The number of benzene rings is 2. The number of morpholine rings is 1. The van der Waals surface area contributed by atoms with Crippen LogP contribution in [0.25, 0.3) is 0 Å². The van der Waals surface area contributed by atoms with E-state index in [9.17, 15) is 13.6 Å². The van der Waals surface area contributed by atoms with Crippen molar-refractivity contribution in [3.63, 3.8) is 0 Å². The van der Waals surface area contributed by atoms with Crippen LogP contribution in [0.2, 0.25) is 0 Å². The summed E-state index contributed by atoms with van der Waals surface area (Å²) in [6.45, 7) is 2.38. The number of hydrogen-bond acceptors (Lipinski definition) is 4. The molecule has 34 heavy (non-hydrogen) atoms. The summed E-state index contributed by atoms with van der Waals surface area (Å²) in [5.41, 5.74) is 1.31. The number of fused-ring (bicyclic) bond motifs is 2. The molecular weight excluding hydrogens is 454 g/mol. The normalized spacial score (nSPS) is 24.9. The first kappa shape index (κ1) is 23.8. The summed E-state index contributed by atoms with van der Waals surface area (Å²) in [6.07, 6.45) is 7.26. The van der Waals surface area contributed by atoms with Crippen LogP contribution in [0.1, 0.15) is 66.6 Å². The Balaban J connectivity index is 1.50. The van der Waals surface area contributed by atoms with Gasteiger partial charge in [0.05, 0.1) is 24.8 Å². The second-order valence-electron chi connectivity index (χ2n) is 9.91. The van der Waals surface area contributed by atoms with Crippen LogP contribution in [0.4, 0.5) is 8.78 Å². The van der Waals surface area contributed by atoms with E-state index in [1.54, 1.807) is 6.07 Å². The van der Waals surface area contributed by atoms with Crippen LogP contribution >= 0.6 is 11.8 Å². The predicted octanol–water partition coefficient (Wildman–Crippen LogP) is 5.78. The van der Waals surface area contributed by atoms with E-state index in [-0.39, 0.29) is 23.1 Å². The lowest BCUT2D eigenvalue weighted by Crippen LogP contribution is -2.67. The van der Waals surface area contributed by atoms with Crippen LogP contribution < -0.4 is 5.32 Å². The largest absolute Gasteiger partial charge is 0.378 e. The molecule has 0 spiro atoms. The van der Waals surface area contributed by atoms with Gasteiger partial charge in [0.1, 0.15) is 0 Å². The van der Waals surface area contributed by atoms with Gasteiger partial charge in [-0.1, -0.05) is 36.4 Å². The van der Waals surface area contributed by atoms with Gasteiger partial charge in [-0.2, -0.15) is 0 Å². The Morgan fingerprint density at radius 3 is 2.38 bits per heavy atom. The Morgan fingerprint density at radius 2 is 1.82 bits per heavy atom. The fraction of sp³-hybridized carbons (Fsp3) is 0.519. The van der Waals surface area contributed by atoms with Gasteiger partial charge in [0, 0.05) is 35.0 Å². The van der Waals surface area contributed by atoms with Crippen molar-refractivity contribution in [1.29, 1.82) is 0 Å². The van der Waals surface area contributed by atoms with Gasteiger partial charge in [-0.25, -0.2) is 8.78 Å². The van der Waals surface area contributed by atoms with E-state index in [2.05, 4.69) is 22.3 Å². The molecule has 2 saturated heterocycles. The summed E-state index contributed by atoms with van der Waals surface area (Å²) >= 11 is 1.32. The molecule has 0 radical (unpaired) electrons. The number of nitrogens with one attached hydrogen (secondary N) is 1. The van der Waals surface area contributed by atoms with Crippen molar-refractivity contribution in [3.05, 3.63) is 65.2 Å². The van der Waals surface area contributed by atoms with E-state index in [1.165, 1.54) is 23.9 Å². The molecule has 182 valence electrons. The molecule has 3 atom stereocenters. The lowest BCUT2D eigenvalue weighted by Gasteiger charge is -2.58. The van der Waals surface area contributed by atoms with Gasteiger partial charge in [-0.3, -0.25) is 9.69 Å². The average molecular weight is 487 g/mol. The van der Waals surface area contributed by atoms with Crippen LogP contribution in [0.15, 0.2) is 53.4 Å². The SMILES string of the molecule is CSc1cc(C(C)(F)F)ccc1C(=O)NC(c1ccccc1)C1(N2C3CCC2COC3)CCC1. The van der Waals surface area contributed by atoms with Crippen molar-refractivity contribution < 1.29 is 18.3 Å². The Kier molecular flexibility index (Phi) is 6.46. The molecule has 2 bridgehead atoms. The third kappa shape index (κ3) is 4.16. The third-order valence-corrected chi connectivity index (χ3v) is 8.65. The highest BCUT2D eigenvalue weighted by atomic mass is 32.2. The van der Waals surface area contributed by atoms with Gasteiger partial charge >= 0.3 is 0 Å². The second kappa shape index (κ2) is 9.25. The van der Waals surface area contributed by atoms with Gasteiger partial charge < -0.3 is 10.1 Å². The van der Waals surface area contributed by atoms with Crippen molar-refractivity contribution in [2.75, 3.05) is 19.5 Å². The van der Waals surface area contributed by atoms with Crippen LogP contribution in [0.5, 0.6) is 0 Å². The molecule has 2 aliphatic heterocycles. The molecule has 1 amide bonds. The van der Waals surface area contributed by atoms with Gasteiger partial charge in [0.2, 0.25) is 0 Å². The van der Waals surface area contributed by atoms with Crippen LogP contribution in [-0.2, 0) is 10.7 Å². The van der Waals surface area contributed by atoms with Crippen LogP contribution in [0, 0.1) is 0 Å². The number of hydrogen-bond donors (Lipinski definition) is 1. The van der Waals surface area contributed by atoms with Crippen molar-refractivity contribution in [2.45, 2.75) is 73.5 Å². The number of alkyl halides is 2. The highest BCUT2D eigenvalue weighted by Gasteiger charge is 2.56. The molecule has 1 saturated carbocycles. The number of nitrogens with zero attached hydrogens (tertiary/aromatic N) is 1. The quantitative estimate of drug-likeness (QED) is 0.504. The second-order valence-corrected chi connectivity index (χ2v) is 10.8. The van der Waals surface area contributed by atoms with E-state index < -0.39 is 5.92 Å². The lowest BCUT2D eigenvalue weighted by atomic mass is 9.67. The van der Waals surface area contributed by atoms with E-state index in [0.29, 0.717) is 22.5 Å². The smallest absolute Gasteiger partial charge is 0.270 e. The van der Waals surface area contributed by atoms with Gasteiger partial charge in [0.15, 0.2) is 0 Å². The molecule has 0 aromatic heterocycles. The summed E-state index contributed by atoms with van der Waals surface area (Å²) in [5, 5.41) is 3.37. The fourth-order valence-electron chi connectivity index (χ4n) is 6.12. The number of halogens is 2. The minimum Gasteiger partial charge on any atom is -0.378 e. The van der Waals surface area contributed by atoms with Crippen LogP contribution in [0.3, 0.4) is 0 Å². The Bertz CT molecular complexity index is 1020. The van der Waals surface area contributed by atoms with Crippen molar-refractivity contribution >= 4 is 17.7 Å². The molecule has 7 heteroatoms. The molecule has 2 heterocycles. The zero-order valence-corrected chi connectivity index (χ0v) is 20.5. The van der Waals surface area contributed by atoms with Crippen molar-refractivity contribution in [3.8, 4) is 0 Å². The van der Waals surface area contributed by atoms with Gasteiger partial charge in [-0.05, 0) is 56.1 Å². The monoisotopic (exact) mass is 486 g/mol. The van der Waals surface area contributed by atoms with Crippen molar-refractivity contribution in [2.24, 2.45) is 0 Å². The summed E-state index contributed by atoms with van der Waals surface area (Å²) in [4.78, 5) is 16.9. The Hall–Kier alpha value is -1.96. The van der Waals surface area contributed by atoms with Crippen molar-refractivity contribution in [1.82, 2.24) is 10.2 Å². The third-order valence-electron chi connectivity index (χ3n) is 7.87. The standard InChI is InChI=1S/C27H32F2N2O2S/c1-26(28,29)19-9-12-22(23(15-19)34-2)25(32)30-24(18-7-4-3-5-8-18)27(13-6-14-27)31-20-10-11-21(31)17-33-16-20/h3-5,7-9,12,15,20-21,24H,6,10-11,13-14,16-17H2,1-2H3,(H,30,32). The molecule has 3 fully saturated rings. The number of amides is 1.